The number of hydrogen-bond acceptors (Lipinski definition) is 3. The summed E-state index contributed by atoms with van der Waals surface area (Å²) >= 11 is 1.61. The zero-order valence-corrected chi connectivity index (χ0v) is 10.2. The van der Waals surface area contributed by atoms with Crippen LogP contribution in [0.25, 0.3) is 0 Å². The molecule has 0 spiro atoms. The molecule has 0 saturated heterocycles. The van der Waals surface area contributed by atoms with Crippen LogP contribution in [0.1, 0.15) is 30.8 Å². The normalized spacial score (nSPS) is 12.9. The predicted molar refractivity (Wildman–Crippen MR) is 65.5 cm³/mol. The number of hydrogen-bond donors (Lipinski definition) is 1. The fourth-order valence-corrected chi connectivity index (χ4v) is 2.44. The van der Waals surface area contributed by atoms with Gasteiger partial charge >= 0.3 is 0 Å². The van der Waals surface area contributed by atoms with Gasteiger partial charge in [0.25, 0.3) is 0 Å². The molecule has 2 heterocycles. The summed E-state index contributed by atoms with van der Waals surface area (Å²) in [6.45, 7) is 3.10. The summed E-state index contributed by atoms with van der Waals surface area (Å²) in [5.74, 6) is 0.959. The quantitative estimate of drug-likeness (QED) is 0.866. The van der Waals surface area contributed by atoms with Crippen molar-refractivity contribution >= 4 is 11.3 Å². The Balaban J connectivity index is 2.06. The van der Waals surface area contributed by atoms with Gasteiger partial charge in [-0.25, -0.2) is 4.98 Å². The Hall–Kier alpha value is -1.13. The van der Waals surface area contributed by atoms with Gasteiger partial charge in [-0.05, 0) is 28.8 Å². The molecule has 4 heteroatoms. The number of nitrogens with zero attached hydrogens (tertiary/aromatic N) is 2. The minimum absolute atomic E-state index is 0.441. The average molecular weight is 236 g/mol. The molecule has 3 nitrogen and oxygen atoms in total. The summed E-state index contributed by atoms with van der Waals surface area (Å²) in [6, 6.07) is 1.96. The average Bonchev–Trinajstić information content (AvgIpc) is 2.90. The molecule has 0 bridgehead atoms. The largest absolute Gasteiger partial charge is 0.388 e. The first-order chi connectivity index (χ1) is 7.81. The zero-order valence-electron chi connectivity index (χ0n) is 9.34. The minimum atomic E-state index is -0.441. The van der Waals surface area contributed by atoms with Crippen LogP contribution in [0.3, 0.4) is 0 Å². The third-order valence-corrected chi connectivity index (χ3v) is 3.27. The lowest BCUT2D eigenvalue weighted by molar-refractivity contribution is 0.175. The second-order valence-corrected chi connectivity index (χ2v) is 4.59. The lowest BCUT2D eigenvalue weighted by Gasteiger charge is -2.10. The van der Waals surface area contributed by atoms with Gasteiger partial charge in [0.15, 0.2) is 0 Å². The minimum Gasteiger partial charge on any atom is -0.388 e. The van der Waals surface area contributed by atoms with Gasteiger partial charge < -0.3 is 9.67 Å². The summed E-state index contributed by atoms with van der Waals surface area (Å²) in [4.78, 5) is 4.29. The molecule has 0 aliphatic heterocycles. The van der Waals surface area contributed by atoms with E-state index in [0.717, 1.165) is 24.4 Å². The predicted octanol–water partition coefficient (Wildman–Crippen LogP) is 2.63. The first kappa shape index (κ1) is 11.4. The van der Waals surface area contributed by atoms with Crippen molar-refractivity contribution in [2.45, 2.75) is 32.4 Å². The van der Waals surface area contributed by atoms with Crippen molar-refractivity contribution in [1.82, 2.24) is 9.55 Å². The molecule has 0 fully saturated rings. The summed E-state index contributed by atoms with van der Waals surface area (Å²) in [6.07, 6.45) is 5.00. The molecule has 1 N–H and O–H groups in total. The van der Waals surface area contributed by atoms with Gasteiger partial charge in [0.1, 0.15) is 5.82 Å². The summed E-state index contributed by atoms with van der Waals surface area (Å²) in [5.41, 5.74) is 0.982. The Morgan fingerprint density at radius 2 is 2.44 bits per heavy atom. The van der Waals surface area contributed by atoms with Crippen molar-refractivity contribution in [2.24, 2.45) is 0 Å². The number of imidazole rings is 1. The standard InChI is InChI=1S/C12H16N2OS/c1-2-5-14-6-4-13-12(14)8-11(15)10-3-7-16-9-10/h3-4,6-7,9,11,15H,2,5,8H2,1H3. The topological polar surface area (TPSA) is 38.0 Å². The van der Waals surface area contributed by atoms with E-state index in [0.29, 0.717) is 6.42 Å². The van der Waals surface area contributed by atoms with Gasteiger partial charge in [-0.3, -0.25) is 0 Å². The van der Waals surface area contributed by atoms with Gasteiger partial charge in [0.05, 0.1) is 6.10 Å². The van der Waals surface area contributed by atoms with Crippen LogP contribution in [-0.2, 0) is 13.0 Å². The van der Waals surface area contributed by atoms with Crippen LogP contribution >= 0.6 is 11.3 Å². The van der Waals surface area contributed by atoms with Crippen molar-refractivity contribution in [3.8, 4) is 0 Å². The molecule has 0 aliphatic carbocycles. The summed E-state index contributed by atoms with van der Waals surface area (Å²) in [7, 11) is 0. The first-order valence-corrected chi connectivity index (χ1v) is 6.45. The lowest BCUT2D eigenvalue weighted by atomic mass is 10.1. The summed E-state index contributed by atoms with van der Waals surface area (Å²) < 4.78 is 2.11. The number of aromatic nitrogens is 2. The van der Waals surface area contributed by atoms with E-state index in [4.69, 9.17) is 0 Å². The maximum atomic E-state index is 10.0. The van der Waals surface area contributed by atoms with Crippen molar-refractivity contribution in [1.29, 1.82) is 0 Å². The first-order valence-electron chi connectivity index (χ1n) is 5.51. The van der Waals surface area contributed by atoms with E-state index in [1.807, 2.05) is 23.0 Å². The zero-order chi connectivity index (χ0) is 11.4. The summed E-state index contributed by atoms with van der Waals surface area (Å²) in [5, 5.41) is 14.0. The third kappa shape index (κ3) is 2.51. The number of thiophene rings is 1. The van der Waals surface area contributed by atoms with E-state index >= 15 is 0 Å². The van der Waals surface area contributed by atoms with Gasteiger partial charge in [-0.1, -0.05) is 6.92 Å². The van der Waals surface area contributed by atoms with Crippen molar-refractivity contribution in [3.63, 3.8) is 0 Å². The number of aliphatic hydroxyl groups excluding tert-OH is 1. The fraction of sp³-hybridized carbons (Fsp3) is 0.417. The smallest absolute Gasteiger partial charge is 0.111 e. The number of aliphatic hydroxyl groups is 1. The Labute approximate surface area is 99.4 Å². The molecule has 2 rings (SSSR count). The molecule has 0 aliphatic rings. The fourth-order valence-electron chi connectivity index (χ4n) is 1.73. The molecule has 2 aromatic rings. The molecule has 2 aromatic heterocycles. The monoisotopic (exact) mass is 236 g/mol. The lowest BCUT2D eigenvalue weighted by Crippen LogP contribution is -2.08. The molecular weight excluding hydrogens is 220 g/mol. The van der Waals surface area contributed by atoms with Gasteiger partial charge in [0, 0.05) is 25.4 Å². The highest BCUT2D eigenvalue weighted by molar-refractivity contribution is 7.07. The van der Waals surface area contributed by atoms with Crippen molar-refractivity contribution in [3.05, 3.63) is 40.6 Å². The molecule has 0 radical (unpaired) electrons. The van der Waals surface area contributed by atoms with Gasteiger partial charge in [-0.2, -0.15) is 11.3 Å². The van der Waals surface area contributed by atoms with Crippen LogP contribution in [-0.4, -0.2) is 14.7 Å². The number of aryl methyl sites for hydroxylation is 1. The Bertz CT molecular complexity index is 422. The Morgan fingerprint density at radius 1 is 1.56 bits per heavy atom. The second-order valence-electron chi connectivity index (χ2n) is 3.81. The highest BCUT2D eigenvalue weighted by atomic mass is 32.1. The van der Waals surface area contributed by atoms with Gasteiger partial charge in [0.2, 0.25) is 0 Å². The van der Waals surface area contributed by atoms with E-state index in [2.05, 4.69) is 16.5 Å². The second kappa shape index (κ2) is 5.27. The van der Waals surface area contributed by atoms with Crippen LogP contribution in [0.2, 0.25) is 0 Å². The van der Waals surface area contributed by atoms with E-state index in [1.165, 1.54) is 0 Å². The molecule has 86 valence electrons. The Kier molecular flexibility index (Phi) is 3.74. The Morgan fingerprint density at radius 3 is 3.12 bits per heavy atom. The molecular formula is C12H16N2OS. The molecule has 1 atom stereocenters. The SMILES string of the molecule is CCCn1ccnc1CC(O)c1ccsc1. The molecule has 0 aromatic carbocycles. The van der Waals surface area contributed by atoms with Gasteiger partial charge in [-0.15, -0.1) is 0 Å². The van der Waals surface area contributed by atoms with E-state index < -0.39 is 6.10 Å². The van der Waals surface area contributed by atoms with Crippen LogP contribution in [0.4, 0.5) is 0 Å². The van der Waals surface area contributed by atoms with Crippen LogP contribution in [0, 0.1) is 0 Å². The van der Waals surface area contributed by atoms with Crippen LogP contribution < -0.4 is 0 Å². The maximum Gasteiger partial charge on any atom is 0.111 e. The van der Waals surface area contributed by atoms with Crippen LogP contribution in [0.15, 0.2) is 29.2 Å². The van der Waals surface area contributed by atoms with E-state index in [-0.39, 0.29) is 0 Å². The molecule has 0 amide bonds. The van der Waals surface area contributed by atoms with Crippen molar-refractivity contribution in [2.75, 3.05) is 0 Å². The highest BCUT2D eigenvalue weighted by Gasteiger charge is 2.12. The van der Waals surface area contributed by atoms with Crippen LogP contribution in [0.5, 0.6) is 0 Å². The van der Waals surface area contributed by atoms with E-state index in [9.17, 15) is 5.11 Å². The molecule has 16 heavy (non-hydrogen) atoms. The highest BCUT2D eigenvalue weighted by Crippen LogP contribution is 2.19. The maximum absolute atomic E-state index is 10.0. The number of rotatable bonds is 5. The third-order valence-electron chi connectivity index (χ3n) is 2.57. The van der Waals surface area contributed by atoms with Crippen molar-refractivity contribution < 1.29 is 5.11 Å². The molecule has 1 unspecified atom stereocenters. The molecule has 0 saturated carbocycles. The van der Waals surface area contributed by atoms with E-state index in [1.54, 1.807) is 17.5 Å².